The van der Waals surface area contributed by atoms with Gasteiger partial charge in [0, 0.05) is 10.0 Å². The lowest BCUT2D eigenvalue weighted by Crippen LogP contribution is -2.13. The van der Waals surface area contributed by atoms with Crippen molar-refractivity contribution in [3.63, 3.8) is 0 Å². The van der Waals surface area contributed by atoms with E-state index in [4.69, 9.17) is 15.9 Å². The van der Waals surface area contributed by atoms with Crippen molar-refractivity contribution in [3.05, 3.63) is 63.9 Å². The summed E-state index contributed by atoms with van der Waals surface area (Å²) in [4.78, 5) is 0. The number of hydrogen-bond donors (Lipinski definition) is 2. The molecule has 0 fully saturated rings. The Hall–Kier alpha value is -1.88. The molecule has 0 radical (unpaired) electrons. The first-order valence-corrected chi connectivity index (χ1v) is 6.37. The zero-order valence-corrected chi connectivity index (χ0v) is 11.6. The molecule has 0 saturated heterocycles. The fourth-order valence-electron chi connectivity index (χ4n) is 1.61. The minimum absolute atomic E-state index is 0.221. The van der Waals surface area contributed by atoms with E-state index in [1.165, 1.54) is 18.2 Å². The van der Waals surface area contributed by atoms with Gasteiger partial charge in [-0.1, -0.05) is 34.1 Å². The minimum atomic E-state index is -0.446. The maximum atomic E-state index is 13.1. The van der Waals surface area contributed by atoms with Gasteiger partial charge in [-0.25, -0.2) is 4.39 Å². The summed E-state index contributed by atoms with van der Waals surface area (Å²) in [6, 6.07) is 11.6. The number of nitrogens with two attached hydrogens (primary N) is 1. The predicted molar refractivity (Wildman–Crippen MR) is 75.9 cm³/mol. The average Bonchev–Trinajstić information content (AvgIpc) is 2.38. The number of ether oxygens (including phenoxy) is 1. The Bertz CT molecular complexity index is 616. The summed E-state index contributed by atoms with van der Waals surface area (Å²) in [6.45, 7) is 0.313. The van der Waals surface area contributed by atoms with E-state index < -0.39 is 5.82 Å². The van der Waals surface area contributed by atoms with Gasteiger partial charge >= 0.3 is 0 Å². The number of rotatable bonds is 4. The van der Waals surface area contributed by atoms with Crippen molar-refractivity contribution in [1.82, 2.24) is 0 Å². The molecule has 0 atom stereocenters. The van der Waals surface area contributed by atoms with Gasteiger partial charge < -0.3 is 10.5 Å². The molecule has 0 aliphatic carbocycles. The van der Waals surface area contributed by atoms with E-state index in [2.05, 4.69) is 15.9 Å². The zero-order valence-electron chi connectivity index (χ0n) is 9.99. The topological polar surface area (TPSA) is 59.1 Å². The highest BCUT2D eigenvalue weighted by atomic mass is 79.9. The van der Waals surface area contributed by atoms with Crippen LogP contribution in [0.15, 0.2) is 46.9 Å². The molecule has 0 heterocycles. The molecule has 0 amide bonds. The summed E-state index contributed by atoms with van der Waals surface area (Å²) in [5.74, 6) is -0.273. The van der Waals surface area contributed by atoms with Gasteiger partial charge in [-0.15, -0.1) is 0 Å². The Morgan fingerprint density at radius 1 is 1.26 bits per heavy atom. The lowest BCUT2D eigenvalue weighted by Gasteiger charge is -2.11. The number of benzene rings is 2. The minimum Gasteiger partial charge on any atom is -0.488 e. The maximum Gasteiger partial charge on any atom is 0.130 e. The fraction of sp³-hybridized carbons (Fsp3) is 0.0714. The maximum absolute atomic E-state index is 13.1. The number of nitrogens with one attached hydrogen (secondary N) is 1. The molecule has 98 valence electrons. The Balaban J connectivity index is 2.20. The molecular weight excluding hydrogens is 311 g/mol. The van der Waals surface area contributed by atoms with E-state index in [9.17, 15) is 4.39 Å². The summed E-state index contributed by atoms with van der Waals surface area (Å²) in [6.07, 6.45) is 0. The van der Waals surface area contributed by atoms with Crippen LogP contribution in [0.5, 0.6) is 5.75 Å². The molecule has 0 unspecified atom stereocenters. The number of nitrogen functional groups attached to an aromatic ring is 1. The molecule has 0 aliphatic rings. The third-order valence-corrected chi connectivity index (χ3v) is 3.35. The van der Waals surface area contributed by atoms with Crippen LogP contribution in [0.4, 0.5) is 4.39 Å². The SMILES string of the molecule is N=C(N)c1cc(F)ccc1OCc1ccccc1Br. The molecule has 19 heavy (non-hydrogen) atoms. The highest BCUT2D eigenvalue weighted by Gasteiger charge is 2.09. The van der Waals surface area contributed by atoms with E-state index in [1.807, 2.05) is 24.3 Å². The van der Waals surface area contributed by atoms with Crippen molar-refractivity contribution < 1.29 is 9.13 Å². The second-order valence-electron chi connectivity index (χ2n) is 3.93. The Kier molecular flexibility index (Phi) is 4.16. The van der Waals surface area contributed by atoms with Gasteiger partial charge in [-0.2, -0.15) is 0 Å². The van der Waals surface area contributed by atoms with Crippen LogP contribution in [-0.2, 0) is 6.61 Å². The monoisotopic (exact) mass is 322 g/mol. The van der Waals surface area contributed by atoms with Gasteiger partial charge in [0.25, 0.3) is 0 Å². The van der Waals surface area contributed by atoms with Crippen molar-refractivity contribution in [1.29, 1.82) is 5.41 Å². The fourth-order valence-corrected chi connectivity index (χ4v) is 2.01. The van der Waals surface area contributed by atoms with Crippen LogP contribution in [0.1, 0.15) is 11.1 Å². The van der Waals surface area contributed by atoms with Crippen LogP contribution in [0.3, 0.4) is 0 Å². The van der Waals surface area contributed by atoms with E-state index in [0.29, 0.717) is 12.4 Å². The van der Waals surface area contributed by atoms with Crippen molar-refractivity contribution in [2.24, 2.45) is 5.73 Å². The number of amidine groups is 1. The first-order chi connectivity index (χ1) is 9.08. The third-order valence-electron chi connectivity index (χ3n) is 2.57. The second kappa shape index (κ2) is 5.84. The van der Waals surface area contributed by atoms with Gasteiger partial charge in [0.2, 0.25) is 0 Å². The van der Waals surface area contributed by atoms with Gasteiger partial charge in [-0.3, -0.25) is 5.41 Å². The Morgan fingerprint density at radius 2 is 2.00 bits per heavy atom. The molecule has 2 aromatic carbocycles. The quantitative estimate of drug-likeness (QED) is 0.669. The molecule has 0 bridgehead atoms. The van der Waals surface area contributed by atoms with Crippen molar-refractivity contribution >= 4 is 21.8 Å². The molecule has 0 aliphatic heterocycles. The molecule has 2 aromatic rings. The summed E-state index contributed by atoms with van der Waals surface area (Å²) in [7, 11) is 0. The molecule has 3 N–H and O–H groups in total. The van der Waals surface area contributed by atoms with Crippen LogP contribution in [-0.4, -0.2) is 5.84 Å². The van der Waals surface area contributed by atoms with Crippen LogP contribution in [0.25, 0.3) is 0 Å². The first-order valence-electron chi connectivity index (χ1n) is 5.58. The van der Waals surface area contributed by atoms with Crippen LogP contribution < -0.4 is 10.5 Å². The smallest absolute Gasteiger partial charge is 0.130 e. The summed E-state index contributed by atoms with van der Waals surface area (Å²) in [5, 5.41) is 7.42. The standard InChI is InChI=1S/C14H12BrFN2O/c15-12-4-2-1-3-9(12)8-19-13-6-5-10(16)7-11(13)14(17)18/h1-7H,8H2,(H3,17,18). The van der Waals surface area contributed by atoms with Crippen LogP contribution in [0.2, 0.25) is 0 Å². The summed E-state index contributed by atoms with van der Waals surface area (Å²) >= 11 is 3.42. The highest BCUT2D eigenvalue weighted by Crippen LogP contribution is 2.22. The first kappa shape index (κ1) is 13.5. The Morgan fingerprint density at radius 3 is 2.68 bits per heavy atom. The molecule has 0 aromatic heterocycles. The zero-order chi connectivity index (χ0) is 13.8. The third kappa shape index (κ3) is 3.32. The average molecular weight is 323 g/mol. The molecule has 0 spiro atoms. The van der Waals surface area contributed by atoms with Gasteiger partial charge in [-0.05, 0) is 24.3 Å². The molecule has 0 saturated carbocycles. The number of hydrogen-bond acceptors (Lipinski definition) is 2. The van der Waals surface area contributed by atoms with E-state index >= 15 is 0 Å². The van der Waals surface area contributed by atoms with Crippen molar-refractivity contribution in [2.45, 2.75) is 6.61 Å². The molecule has 2 rings (SSSR count). The lowest BCUT2D eigenvalue weighted by molar-refractivity contribution is 0.304. The normalized spacial score (nSPS) is 10.2. The Labute approximate surface area is 118 Å². The van der Waals surface area contributed by atoms with E-state index in [-0.39, 0.29) is 11.4 Å². The summed E-state index contributed by atoms with van der Waals surface area (Å²) < 4.78 is 19.7. The van der Waals surface area contributed by atoms with Gasteiger partial charge in [0.05, 0.1) is 5.56 Å². The predicted octanol–water partition coefficient (Wildman–Crippen LogP) is 3.45. The highest BCUT2D eigenvalue weighted by molar-refractivity contribution is 9.10. The van der Waals surface area contributed by atoms with Crippen molar-refractivity contribution in [3.8, 4) is 5.75 Å². The molecule has 5 heteroatoms. The van der Waals surface area contributed by atoms with Crippen LogP contribution >= 0.6 is 15.9 Å². The van der Waals surface area contributed by atoms with Crippen LogP contribution in [0, 0.1) is 11.2 Å². The molecular formula is C14H12BrFN2O. The van der Waals surface area contributed by atoms with E-state index in [1.54, 1.807) is 0 Å². The lowest BCUT2D eigenvalue weighted by atomic mass is 10.1. The molecule has 3 nitrogen and oxygen atoms in total. The van der Waals surface area contributed by atoms with E-state index in [0.717, 1.165) is 10.0 Å². The second-order valence-corrected chi connectivity index (χ2v) is 4.79. The van der Waals surface area contributed by atoms with Gasteiger partial charge in [0.15, 0.2) is 0 Å². The number of halogens is 2. The van der Waals surface area contributed by atoms with Crippen molar-refractivity contribution in [2.75, 3.05) is 0 Å². The summed E-state index contributed by atoms with van der Waals surface area (Å²) in [5.41, 5.74) is 6.63. The largest absolute Gasteiger partial charge is 0.488 e. The van der Waals surface area contributed by atoms with Gasteiger partial charge in [0.1, 0.15) is 24.0 Å².